The Kier molecular flexibility index (Phi) is 3.50. The summed E-state index contributed by atoms with van der Waals surface area (Å²) in [5.41, 5.74) is 5.52. The molecule has 0 saturated carbocycles. The van der Waals surface area contributed by atoms with Crippen LogP contribution in [-0.2, 0) is 24.7 Å². The fraction of sp³-hybridized carbons (Fsp3) is 0.400. The highest BCUT2D eigenvalue weighted by Gasteiger charge is 2.19. The number of halogens is 1. The van der Waals surface area contributed by atoms with Crippen molar-refractivity contribution in [2.75, 3.05) is 0 Å². The van der Waals surface area contributed by atoms with Crippen LogP contribution < -0.4 is 0 Å². The summed E-state index contributed by atoms with van der Waals surface area (Å²) in [6, 6.07) is 10.6. The molecule has 1 aromatic carbocycles. The molecule has 1 aliphatic carbocycles. The number of fused-ring (bicyclic) bond motifs is 1. The van der Waals surface area contributed by atoms with Gasteiger partial charge in [-0.2, -0.15) is 5.10 Å². The minimum atomic E-state index is 0.872. The van der Waals surface area contributed by atoms with Crippen LogP contribution in [-0.4, -0.2) is 9.78 Å². The zero-order valence-corrected chi connectivity index (χ0v) is 12.0. The summed E-state index contributed by atoms with van der Waals surface area (Å²) in [7, 11) is 0. The van der Waals surface area contributed by atoms with Crippen molar-refractivity contribution >= 4 is 15.9 Å². The van der Waals surface area contributed by atoms with E-state index in [1.165, 1.54) is 48.2 Å². The average Bonchev–Trinajstić information content (AvgIpc) is 2.78. The quantitative estimate of drug-likeness (QED) is 0.791. The molecule has 1 aliphatic rings. The van der Waals surface area contributed by atoms with E-state index in [9.17, 15) is 0 Å². The van der Waals surface area contributed by atoms with Gasteiger partial charge in [0.15, 0.2) is 0 Å². The number of hydrogen-bond acceptors (Lipinski definition) is 1. The lowest BCUT2D eigenvalue weighted by atomic mass is 9.96. The molecule has 3 heteroatoms. The van der Waals surface area contributed by atoms with E-state index in [0.29, 0.717) is 0 Å². The normalized spacial score (nSPS) is 14.5. The fourth-order valence-corrected chi connectivity index (χ4v) is 3.20. The second kappa shape index (κ2) is 5.27. The van der Waals surface area contributed by atoms with Gasteiger partial charge in [0.05, 0.1) is 12.2 Å². The second-order valence-electron chi connectivity index (χ2n) is 4.86. The molecule has 0 amide bonds. The summed E-state index contributed by atoms with van der Waals surface area (Å²) in [5.74, 6) is 0. The van der Waals surface area contributed by atoms with Crippen LogP contribution in [0.1, 0.15) is 35.4 Å². The minimum absolute atomic E-state index is 0.872. The zero-order valence-electron chi connectivity index (χ0n) is 10.4. The Bertz CT molecular complexity index is 531. The molecule has 0 fully saturated rings. The van der Waals surface area contributed by atoms with Crippen molar-refractivity contribution in [1.82, 2.24) is 9.78 Å². The second-order valence-corrected chi connectivity index (χ2v) is 5.42. The third-order valence-electron chi connectivity index (χ3n) is 3.64. The fourth-order valence-electron chi connectivity index (χ4n) is 2.75. The largest absolute Gasteiger partial charge is 0.265 e. The molecule has 0 spiro atoms. The van der Waals surface area contributed by atoms with Gasteiger partial charge in [-0.25, -0.2) is 0 Å². The third kappa shape index (κ3) is 2.24. The number of rotatable bonds is 3. The molecule has 18 heavy (non-hydrogen) atoms. The topological polar surface area (TPSA) is 17.8 Å². The zero-order chi connectivity index (χ0) is 12.4. The van der Waals surface area contributed by atoms with E-state index in [2.05, 4.69) is 50.9 Å². The number of hydrogen-bond donors (Lipinski definition) is 0. The summed E-state index contributed by atoms with van der Waals surface area (Å²) >= 11 is 3.56. The van der Waals surface area contributed by atoms with Crippen molar-refractivity contribution in [3.63, 3.8) is 0 Å². The van der Waals surface area contributed by atoms with Gasteiger partial charge in [0, 0.05) is 11.0 Å². The summed E-state index contributed by atoms with van der Waals surface area (Å²) < 4.78 is 2.21. The lowest BCUT2D eigenvalue weighted by molar-refractivity contribution is 0.595. The highest BCUT2D eigenvalue weighted by Crippen LogP contribution is 2.26. The van der Waals surface area contributed by atoms with Crippen LogP contribution in [0.4, 0.5) is 0 Å². The van der Waals surface area contributed by atoms with Gasteiger partial charge >= 0.3 is 0 Å². The van der Waals surface area contributed by atoms with Gasteiger partial charge in [0.2, 0.25) is 0 Å². The van der Waals surface area contributed by atoms with Crippen molar-refractivity contribution in [2.45, 2.75) is 37.6 Å². The first-order valence-corrected chi connectivity index (χ1v) is 7.68. The van der Waals surface area contributed by atoms with E-state index in [0.717, 1.165) is 11.9 Å². The Morgan fingerprint density at radius 3 is 2.67 bits per heavy atom. The monoisotopic (exact) mass is 304 g/mol. The molecule has 0 atom stereocenters. The van der Waals surface area contributed by atoms with Crippen LogP contribution in [0.5, 0.6) is 0 Å². The molecule has 1 heterocycles. The highest BCUT2D eigenvalue weighted by atomic mass is 79.9. The Hall–Kier alpha value is -1.09. The van der Waals surface area contributed by atoms with Gasteiger partial charge in [0.25, 0.3) is 0 Å². The van der Waals surface area contributed by atoms with Crippen LogP contribution in [0.2, 0.25) is 0 Å². The van der Waals surface area contributed by atoms with Gasteiger partial charge in [-0.05, 0) is 36.8 Å². The SMILES string of the molecule is BrCc1nn(Cc2ccccc2)c2c1CCCC2. The lowest BCUT2D eigenvalue weighted by Crippen LogP contribution is -2.10. The van der Waals surface area contributed by atoms with Gasteiger partial charge in [-0.3, -0.25) is 4.68 Å². The van der Waals surface area contributed by atoms with E-state index >= 15 is 0 Å². The van der Waals surface area contributed by atoms with Gasteiger partial charge < -0.3 is 0 Å². The van der Waals surface area contributed by atoms with Crippen LogP contribution >= 0.6 is 15.9 Å². The standard InChI is InChI=1S/C15H17BrN2/c16-10-14-13-8-4-5-9-15(13)18(17-14)11-12-6-2-1-3-7-12/h1-3,6-7H,4-5,8-11H2. The van der Waals surface area contributed by atoms with E-state index in [1.807, 2.05) is 0 Å². The Labute approximate surface area is 116 Å². The molecule has 0 radical (unpaired) electrons. The Morgan fingerprint density at radius 2 is 1.89 bits per heavy atom. The van der Waals surface area contributed by atoms with Crippen LogP contribution in [0.15, 0.2) is 30.3 Å². The number of alkyl halides is 1. The molecule has 0 bridgehead atoms. The molecule has 0 aliphatic heterocycles. The van der Waals surface area contributed by atoms with Gasteiger partial charge in [-0.15, -0.1) is 0 Å². The maximum absolute atomic E-state index is 4.78. The number of aromatic nitrogens is 2. The van der Waals surface area contributed by atoms with E-state index in [1.54, 1.807) is 0 Å². The molecule has 2 aromatic rings. The maximum Gasteiger partial charge on any atom is 0.0764 e. The molecule has 0 unspecified atom stereocenters. The van der Waals surface area contributed by atoms with E-state index < -0.39 is 0 Å². The average molecular weight is 305 g/mol. The van der Waals surface area contributed by atoms with Crippen molar-refractivity contribution in [1.29, 1.82) is 0 Å². The molecule has 94 valence electrons. The minimum Gasteiger partial charge on any atom is -0.265 e. The predicted octanol–water partition coefficient (Wildman–Crippen LogP) is 3.71. The van der Waals surface area contributed by atoms with Crippen LogP contribution in [0.3, 0.4) is 0 Å². The van der Waals surface area contributed by atoms with Gasteiger partial charge in [-0.1, -0.05) is 46.3 Å². The Balaban J connectivity index is 1.94. The van der Waals surface area contributed by atoms with E-state index in [4.69, 9.17) is 5.10 Å². The molecule has 0 saturated heterocycles. The first-order chi connectivity index (χ1) is 8.88. The first-order valence-electron chi connectivity index (χ1n) is 6.56. The molecular formula is C15H17BrN2. The molecule has 3 rings (SSSR count). The smallest absolute Gasteiger partial charge is 0.0764 e. The van der Waals surface area contributed by atoms with E-state index in [-0.39, 0.29) is 0 Å². The van der Waals surface area contributed by atoms with Crippen LogP contribution in [0.25, 0.3) is 0 Å². The van der Waals surface area contributed by atoms with Gasteiger partial charge in [0.1, 0.15) is 0 Å². The van der Waals surface area contributed by atoms with Crippen molar-refractivity contribution < 1.29 is 0 Å². The summed E-state index contributed by atoms with van der Waals surface area (Å²) in [6.07, 6.45) is 4.99. The molecule has 1 aromatic heterocycles. The summed E-state index contributed by atoms with van der Waals surface area (Å²) in [5, 5.41) is 5.65. The summed E-state index contributed by atoms with van der Waals surface area (Å²) in [4.78, 5) is 0. The first kappa shape index (κ1) is 12.0. The molecule has 2 nitrogen and oxygen atoms in total. The van der Waals surface area contributed by atoms with Crippen molar-refractivity contribution in [3.8, 4) is 0 Å². The molecule has 0 N–H and O–H groups in total. The molecular weight excluding hydrogens is 288 g/mol. The number of nitrogens with zero attached hydrogens (tertiary/aromatic N) is 2. The number of benzene rings is 1. The Morgan fingerprint density at radius 1 is 1.11 bits per heavy atom. The third-order valence-corrected chi connectivity index (χ3v) is 4.17. The lowest BCUT2D eigenvalue weighted by Gasteiger charge is -2.14. The highest BCUT2D eigenvalue weighted by molar-refractivity contribution is 9.08. The summed E-state index contributed by atoms with van der Waals surface area (Å²) in [6.45, 7) is 0.899. The van der Waals surface area contributed by atoms with Crippen molar-refractivity contribution in [2.24, 2.45) is 0 Å². The predicted molar refractivity (Wildman–Crippen MR) is 77.0 cm³/mol. The van der Waals surface area contributed by atoms with Crippen LogP contribution in [0, 0.1) is 0 Å². The van der Waals surface area contributed by atoms with Crippen molar-refractivity contribution in [3.05, 3.63) is 52.8 Å². The maximum atomic E-state index is 4.78.